The van der Waals surface area contributed by atoms with Crippen LogP contribution in [0.2, 0.25) is 0 Å². The van der Waals surface area contributed by atoms with E-state index in [-0.39, 0.29) is 5.56 Å². The number of fused-ring (bicyclic) bond motifs is 5. The maximum atomic E-state index is 12.3. The summed E-state index contributed by atoms with van der Waals surface area (Å²) in [6.45, 7) is 10.1. The van der Waals surface area contributed by atoms with Gasteiger partial charge in [-0.25, -0.2) is 4.79 Å². The smallest absolute Gasteiger partial charge is 0.341 e. The molecule has 0 bridgehead atoms. The Kier molecular flexibility index (Phi) is 5.68. The molecule has 0 unspecified atom stereocenters. The van der Waals surface area contributed by atoms with Crippen LogP contribution in [-0.2, 0) is 19.4 Å². The molecule has 5 nitrogen and oxygen atoms in total. The van der Waals surface area contributed by atoms with Crippen LogP contribution in [0, 0.1) is 5.41 Å². The fraction of sp³-hybridized carbons (Fsp3) is 0.333. The van der Waals surface area contributed by atoms with Crippen molar-refractivity contribution in [3.63, 3.8) is 0 Å². The Labute approximate surface area is 188 Å². The summed E-state index contributed by atoms with van der Waals surface area (Å²) in [5.41, 5.74) is 6.15. The lowest BCUT2D eigenvalue weighted by Gasteiger charge is -2.25. The van der Waals surface area contributed by atoms with Crippen molar-refractivity contribution in [3.05, 3.63) is 75.6 Å². The van der Waals surface area contributed by atoms with Crippen LogP contribution in [0.25, 0.3) is 22.4 Å². The van der Waals surface area contributed by atoms with Gasteiger partial charge in [0.2, 0.25) is 0 Å². The van der Waals surface area contributed by atoms with Gasteiger partial charge in [-0.15, -0.1) is 0 Å². The molecule has 5 rings (SSSR count). The first-order valence-electron chi connectivity index (χ1n) is 11.0. The highest BCUT2D eigenvalue weighted by Gasteiger charge is 2.28. The van der Waals surface area contributed by atoms with Crippen molar-refractivity contribution in [2.75, 3.05) is 6.61 Å². The second-order valence-corrected chi connectivity index (χ2v) is 9.91. The lowest BCUT2D eigenvalue weighted by Crippen LogP contribution is -2.22. The Bertz CT molecular complexity index is 1230. The number of rotatable bonds is 2. The maximum Gasteiger partial charge on any atom is 0.341 e. The highest BCUT2D eigenvalue weighted by Crippen LogP contribution is 2.45. The molecule has 0 aliphatic carbocycles. The van der Waals surface area contributed by atoms with E-state index in [1.54, 1.807) is 0 Å². The number of hydrogen-bond acceptors (Lipinski definition) is 3. The van der Waals surface area contributed by atoms with Crippen LogP contribution in [0.1, 0.15) is 49.2 Å². The Balaban J connectivity index is 0.000000444. The first-order valence-corrected chi connectivity index (χ1v) is 11.0. The highest BCUT2D eigenvalue weighted by molar-refractivity contribution is 5.88. The van der Waals surface area contributed by atoms with Crippen molar-refractivity contribution in [2.24, 2.45) is 5.41 Å². The Morgan fingerprint density at radius 2 is 1.69 bits per heavy atom. The summed E-state index contributed by atoms with van der Waals surface area (Å²) in [4.78, 5) is 23.6. The minimum atomic E-state index is -1.19. The van der Waals surface area contributed by atoms with Gasteiger partial charge in [0, 0.05) is 41.9 Å². The van der Waals surface area contributed by atoms with E-state index < -0.39 is 11.4 Å². The van der Waals surface area contributed by atoms with E-state index in [1.165, 1.54) is 23.4 Å². The van der Waals surface area contributed by atoms with Gasteiger partial charge in [0.15, 0.2) is 5.43 Å². The number of aromatic nitrogens is 1. The third-order valence-electron chi connectivity index (χ3n) is 5.42. The van der Waals surface area contributed by atoms with Crippen LogP contribution in [0.4, 0.5) is 0 Å². The molecular formula is C27H29NO4. The van der Waals surface area contributed by atoms with Crippen LogP contribution in [0.5, 0.6) is 5.75 Å². The molecule has 0 saturated carbocycles. The highest BCUT2D eigenvalue weighted by atomic mass is 16.5. The zero-order valence-corrected chi connectivity index (χ0v) is 19.1. The molecule has 0 atom stereocenters. The molecular weight excluding hydrogens is 402 g/mol. The van der Waals surface area contributed by atoms with E-state index in [0.717, 1.165) is 41.0 Å². The van der Waals surface area contributed by atoms with Gasteiger partial charge in [0.05, 0.1) is 12.3 Å². The van der Waals surface area contributed by atoms with Gasteiger partial charge in [-0.2, -0.15) is 0 Å². The summed E-state index contributed by atoms with van der Waals surface area (Å²) >= 11 is 0. The van der Waals surface area contributed by atoms with Crippen LogP contribution in [-0.4, -0.2) is 22.2 Å². The van der Waals surface area contributed by atoms with Crippen LogP contribution >= 0.6 is 0 Å². The van der Waals surface area contributed by atoms with Gasteiger partial charge in [-0.05, 0) is 29.0 Å². The van der Waals surface area contributed by atoms with E-state index in [4.69, 9.17) is 4.74 Å². The molecule has 32 heavy (non-hydrogen) atoms. The lowest BCUT2D eigenvalue weighted by molar-refractivity contribution is 0.0694. The van der Waals surface area contributed by atoms with Crippen molar-refractivity contribution in [1.82, 2.24) is 4.57 Å². The molecule has 1 aromatic heterocycles. The van der Waals surface area contributed by atoms with Crippen LogP contribution in [0.15, 0.2) is 53.5 Å². The number of benzene rings is 2. The molecule has 0 radical (unpaired) electrons. The molecule has 2 aromatic carbocycles. The second-order valence-electron chi connectivity index (χ2n) is 9.91. The summed E-state index contributed by atoms with van der Waals surface area (Å²) < 4.78 is 7.85. The number of carboxylic acid groups (broad SMARTS) is 1. The summed E-state index contributed by atoms with van der Waals surface area (Å²) in [5.74, 6) is -0.244. The zero-order chi connectivity index (χ0) is 23.0. The summed E-state index contributed by atoms with van der Waals surface area (Å²) in [7, 11) is 0. The SMILES string of the molecule is CC(C)(C)C.O=C(O)c1cn2c(cc1=O)-c1cc(-c3ccccc3)c3c(c1CC2)CCO3. The molecule has 1 N–H and O–H groups in total. The Morgan fingerprint density at radius 3 is 2.34 bits per heavy atom. The number of aromatic carboxylic acids is 1. The molecule has 5 heteroatoms. The van der Waals surface area contributed by atoms with Gasteiger partial charge < -0.3 is 14.4 Å². The van der Waals surface area contributed by atoms with Crippen molar-refractivity contribution in [2.45, 2.75) is 47.1 Å². The Hall–Kier alpha value is -3.34. The average Bonchev–Trinajstić information content (AvgIpc) is 3.22. The molecule has 3 heterocycles. The number of hydrogen-bond donors (Lipinski definition) is 1. The van der Waals surface area contributed by atoms with Crippen molar-refractivity contribution in [3.8, 4) is 28.1 Å². The molecule has 3 aromatic rings. The Morgan fingerprint density at radius 1 is 1.00 bits per heavy atom. The number of ether oxygens (including phenoxy) is 1. The molecule has 2 aliphatic heterocycles. The van der Waals surface area contributed by atoms with Gasteiger partial charge in [-0.1, -0.05) is 58.0 Å². The third kappa shape index (κ3) is 4.33. The number of carbonyl (C=O) groups is 1. The molecule has 0 saturated heterocycles. The van der Waals surface area contributed by atoms with E-state index in [2.05, 4.69) is 33.8 Å². The van der Waals surface area contributed by atoms with E-state index >= 15 is 0 Å². The molecule has 0 fully saturated rings. The number of carboxylic acids is 1. The quantitative estimate of drug-likeness (QED) is 0.588. The van der Waals surface area contributed by atoms with Crippen molar-refractivity contribution < 1.29 is 14.6 Å². The van der Waals surface area contributed by atoms with Crippen molar-refractivity contribution >= 4 is 5.97 Å². The summed E-state index contributed by atoms with van der Waals surface area (Å²) in [6, 6.07) is 13.6. The third-order valence-corrected chi connectivity index (χ3v) is 5.42. The molecule has 2 aliphatic rings. The summed E-state index contributed by atoms with van der Waals surface area (Å²) in [6.07, 6.45) is 3.12. The average molecular weight is 432 g/mol. The number of nitrogens with zero attached hydrogens (tertiary/aromatic N) is 1. The number of aryl methyl sites for hydroxylation is 1. The standard InChI is InChI=1S/C22H17NO4.C5H12/c24-20-11-19-17-10-16(13-4-2-1-3-5-13)21-15(7-9-27-21)14(17)6-8-23(19)12-18(20)22(25)26;1-5(2,3)4/h1-5,10-12H,6-9H2,(H,25,26);1-4H3. The van der Waals surface area contributed by atoms with Crippen LogP contribution < -0.4 is 10.2 Å². The maximum absolute atomic E-state index is 12.3. The minimum absolute atomic E-state index is 0.185. The fourth-order valence-electron chi connectivity index (χ4n) is 4.17. The molecule has 0 spiro atoms. The zero-order valence-electron chi connectivity index (χ0n) is 19.1. The first-order chi connectivity index (χ1) is 15.1. The first kappa shape index (κ1) is 21.9. The van der Waals surface area contributed by atoms with E-state index in [0.29, 0.717) is 18.6 Å². The monoisotopic (exact) mass is 431 g/mol. The predicted molar refractivity (Wildman–Crippen MR) is 127 cm³/mol. The predicted octanol–water partition coefficient (Wildman–Crippen LogP) is 5.42. The van der Waals surface area contributed by atoms with Gasteiger partial charge in [0.25, 0.3) is 0 Å². The lowest BCUT2D eigenvalue weighted by atomic mass is 9.87. The second kappa shape index (κ2) is 8.30. The van der Waals surface area contributed by atoms with Gasteiger partial charge in [0.1, 0.15) is 11.3 Å². The van der Waals surface area contributed by atoms with Crippen molar-refractivity contribution in [1.29, 1.82) is 0 Å². The van der Waals surface area contributed by atoms with Gasteiger partial charge >= 0.3 is 5.97 Å². The van der Waals surface area contributed by atoms with E-state index in [9.17, 15) is 14.7 Å². The normalized spacial score (nSPS) is 13.8. The van der Waals surface area contributed by atoms with E-state index in [1.807, 2.05) is 34.9 Å². The largest absolute Gasteiger partial charge is 0.492 e. The fourth-order valence-corrected chi connectivity index (χ4v) is 4.17. The summed E-state index contributed by atoms with van der Waals surface area (Å²) in [5, 5.41) is 9.25. The molecule has 166 valence electrons. The van der Waals surface area contributed by atoms with Gasteiger partial charge in [-0.3, -0.25) is 4.79 Å². The molecule has 0 amide bonds. The van der Waals surface area contributed by atoms with Crippen LogP contribution in [0.3, 0.4) is 0 Å². The topological polar surface area (TPSA) is 68.5 Å². The number of pyridine rings is 1. The minimum Gasteiger partial charge on any atom is -0.492 e.